The van der Waals surface area contributed by atoms with E-state index in [1.807, 2.05) is 12.4 Å². The van der Waals surface area contributed by atoms with Crippen molar-refractivity contribution in [1.29, 1.82) is 0 Å². The third-order valence-electron chi connectivity index (χ3n) is 3.54. The van der Waals surface area contributed by atoms with Crippen LogP contribution >= 0.6 is 11.3 Å². The quantitative estimate of drug-likeness (QED) is 0.869. The van der Waals surface area contributed by atoms with Crippen molar-refractivity contribution in [3.8, 4) is 10.7 Å². The lowest BCUT2D eigenvalue weighted by Gasteiger charge is -2.34. The van der Waals surface area contributed by atoms with E-state index in [1.165, 1.54) is 0 Å². The highest BCUT2D eigenvalue weighted by molar-refractivity contribution is 7.13. The van der Waals surface area contributed by atoms with E-state index in [-0.39, 0.29) is 11.5 Å². The van der Waals surface area contributed by atoms with E-state index in [0.29, 0.717) is 0 Å². The minimum absolute atomic E-state index is 0.130. The van der Waals surface area contributed by atoms with E-state index in [1.54, 1.807) is 11.3 Å². The van der Waals surface area contributed by atoms with E-state index < -0.39 is 0 Å². The van der Waals surface area contributed by atoms with Crippen LogP contribution in [0, 0.1) is 12.3 Å². The zero-order valence-corrected chi connectivity index (χ0v) is 12.6. The molecule has 1 atom stereocenters. The van der Waals surface area contributed by atoms with Crippen LogP contribution in [0.2, 0.25) is 0 Å². The second kappa shape index (κ2) is 4.38. The Hall–Kier alpha value is -1.27. The summed E-state index contributed by atoms with van der Waals surface area (Å²) in [5.41, 5.74) is 3.03. The van der Waals surface area contributed by atoms with Gasteiger partial charge in [-0.2, -0.15) is 0 Å². The molecule has 3 rings (SSSR count). The molecule has 0 spiro atoms. The summed E-state index contributed by atoms with van der Waals surface area (Å²) in [7, 11) is 0. The summed E-state index contributed by atoms with van der Waals surface area (Å²) in [6, 6.07) is 0.246. The van der Waals surface area contributed by atoms with Crippen LogP contribution in [-0.2, 0) is 6.54 Å². The van der Waals surface area contributed by atoms with Gasteiger partial charge in [0.05, 0.1) is 22.1 Å². The molecule has 0 aliphatic carbocycles. The average molecular weight is 277 g/mol. The maximum absolute atomic E-state index is 4.43. The average Bonchev–Trinajstić information content (AvgIpc) is 2.92. The van der Waals surface area contributed by atoms with Crippen molar-refractivity contribution in [3.05, 3.63) is 17.0 Å². The molecule has 1 aliphatic rings. The molecule has 0 saturated heterocycles. The summed E-state index contributed by atoms with van der Waals surface area (Å²) in [5, 5.41) is 12.4. The monoisotopic (exact) mass is 277 g/mol. The van der Waals surface area contributed by atoms with E-state index in [9.17, 15) is 0 Å². The lowest BCUT2D eigenvalue weighted by atomic mass is 9.85. The molecule has 19 heavy (non-hydrogen) atoms. The molecule has 3 heterocycles. The summed E-state index contributed by atoms with van der Waals surface area (Å²) in [6.07, 6.45) is 0. The summed E-state index contributed by atoms with van der Waals surface area (Å²) >= 11 is 1.63. The van der Waals surface area contributed by atoms with Gasteiger partial charge in [0.25, 0.3) is 0 Å². The third-order valence-corrected chi connectivity index (χ3v) is 4.46. The zero-order chi connectivity index (χ0) is 13.6. The van der Waals surface area contributed by atoms with Crippen LogP contribution in [0.4, 0.5) is 0 Å². The van der Waals surface area contributed by atoms with Crippen LogP contribution in [0.15, 0.2) is 5.51 Å². The molecule has 1 aliphatic heterocycles. The molecule has 0 bridgehead atoms. The summed E-state index contributed by atoms with van der Waals surface area (Å²) in [5.74, 6) is 2.01. The molecule has 0 radical (unpaired) electrons. The highest BCUT2D eigenvalue weighted by atomic mass is 32.1. The third kappa shape index (κ3) is 2.08. The van der Waals surface area contributed by atoms with Gasteiger partial charge in [0.15, 0.2) is 11.6 Å². The molecule has 1 N–H and O–H groups in total. The Kier molecular flexibility index (Phi) is 2.94. The Balaban J connectivity index is 2.09. The standard InChI is InChI=1S/C13H19N5S/c1-8-9(19-7-15-8)11-16-17-12-10(13(2,3)4)14-5-6-18(11)12/h7,10,14H,5-6H2,1-4H3. The summed E-state index contributed by atoms with van der Waals surface area (Å²) in [6.45, 7) is 10.6. The molecular formula is C13H19N5S. The largest absolute Gasteiger partial charge is 0.308 e. The lowest BCUT2D eigenvalue weighted by molar-refractivity contribution is 0.234. The van der Waals surface area contributed by atoms with Crippen molar-refractivity contribution in [2.24, 2.45) is 5.41 Å². The zero-order valence-electron chi connectivity index (χ0n) is 11.8. The van der Waals surface area contributed by atoms with Gasteiger partial charge >= 0.3 is 0 Å². The molecule has 2 aromatic heterocycles. The van der Waals surface area contributed by atoms with E-state index in [4.69, 9.17) is 0 Å². The van der Waals surface area contributed by atoms with Crippen LogP contribution in [0.1, 0.15) is 38.3 Å². The van der Waals surface area contributed by atoms with Crippen LogP contribution < -0.4 is 5.32 Å². The van der Waals surface area contributed by atoms with Crippen LogP contribution in [0.5, 0.6) is 0 Å². The number of thiazole rings is 1. The fourth-order valence-electron chi connectivity index (χ4n) is 2.54. The Morgan fingerprint density at radius 2 is 2.16 bits per heavy atom. The molecule has 0 fully saturated rings. The van der Waals surface area contributed by atoms with Gasteiger partial charge in [0.1, 0.15) is 0 Å². The smallest absolute Gasteiger partial charge is 0.176 e. The van der Waals surface area contributed by atoms with Crippen molar-refractivity contribution < 1.29 is 0 Å². The maximum atomic E-state index is 4.43. The van der Waals surface area contributed by atoms with Gasteiger partial charge in [0.2, 0.25) is 0 Å². The molecule has 6 heteroatoms. The number of rotatable bonds is 1. The SMILES string of the molecule is Cc1ncsc1-c1nnc2n1CCNC2C(C)(C)C. The topological polar surface area (TPSA) is 55.6 Å². The van der Waals surface area contributed by atoms with Crippen LogP contribution in [-0.4, -0.2) is 26.3 Å². The fourth-order valence-corrected chi connectivity index (χ4v) is 3.33. The number of fused-ring (bicyclic) bond motifs is 1. The van der Waals surface area contributed by atoms with Crippen molar-refractivity contribution >= 4 is 11.3 Å². The van der Waals surface area contributed by atoms with Gasteiger partial charge in [-0.1, -0.05) is 20.8 Å². The van der Waals surface area contributed by atoms with Gasteiger partial charge in [-0.25, -0.2) is 4.98 Å². The Morgan fingerprint density at radius 1 is 1.37 bits per heavy atom. The number of aromatic nitrogens is 4. The minimum atomic E-state index is 0.130. The van der Waals surface area contributed by atoms with Crippen molar-refractivity contribution in [2.75, 3.05) is 6.54 Å². The molecular weight excluding hydrogens is 258 g/mol. The second-order valence-corrected chi connectivity index (χ2v) is 6.91. The lowest BCUT2D eigenvalue weighted by Crippen LogP contribution is -2.40. The molecule has 102 valence electrons. The first-order valence-electron chi connectivity index (χ1n) is 6.55. The van der Waals surface area contributed by atoms with Crippen molar-refractivity contribution in [3.63, 3.8) is 0 Å². The first kappa shape index (κ1) is 12.7. The van der Waals surface area contributed by atoms with Crippen LogP contribution in [0.25, 0.3) is 10.7 Å². The van der Waals surface area contributed by atoms with Gasteiger partial charge in [0, 0.05) is 13.1 Å². The first-order chi connectivity index (χ1) is 8.98. The van der Waals surface area contributed by atoms with Gasteiger partial charge in [-0.05, 0) is 12.3 Å². The molecule has 1 unspecified atom stereocenters. The molecule has 0 aromatic carbocycles. The number of nitrogens with zero attached hydrogens (tertiary/aromatic N) is 4. The number of aryl methyl sites for hydroxylation is 1. The molecule has 0 amide bonds. The van der Waals surface area contributed by atoms with E-state index in [2.05, 4.69) is 45.8 Å². The predicted molar refractivity (Wildman–Crippen MR) is 76.1 cm³/mol. The van der Waals surface area contributed by atoms with Crippen molar-refractivity contribution in [2.45, 2.75) is 40.3 Å². The van der Waals surface area contributed by atoms with Gasteiger partial charge in [-0.15, -0.1) is 21.5 Å². The highest BCUT2D eigenvalue weighted by Gasteiger charge is 2.34. The predicted octanol–water partition coefficient (Wildman–Crippen LogP) is 2.40. The van der Waals surface area contributed by atoms with Crippen molar-refractivity contribution in [1.82, 2.24) is 25.1 Å². The van der Waals surface area contributed by atoms with E-state index in [0.717, 1.165) is 35.3 Å². The molecule has 2 aromatic rings. The normalized spacial score (nSPS) is 19.5. The Morgan fingerprint density at radius 3 is 2.79 bits per heavy atom. The van der Waals surface area contributed by atoms with Gasteiger partial charge in [-0.3, -0.25) is 0 Å². The van der Waals surface area contributed by atoms with E-state index >= 15 is 0 Å². The number of hydrogen-bond donors (Lipinski definition) is 1. The maximum Gasteiger partial charge on any atom is 0.176 e. The van der Waals surface area contributed by atoms with Gasteiger partial charge < -0.3 is 9.88 Å². The Bertz CT molecular complexity index is 592. The number of hydrogen-bond acceptors (Lipinski definition) is 5. The second-order valence-electron chi connectivity index (χ2n) is 6.05. The summed E-state index contributed by atoms with van der Waals surface area (Å²) in [4.78, 5) is 5.44. The van der Waals surface area contributed by atoms with Crippen LogP contribution in [0.3, 0.4) is 0 Å². The summed E-state index contributed by atoms with van der Waals surface area (Å²) < 4.78 is 2.24. The molecule has 0 saturated carbocycles. The number of nitrogens with one attached hydrogen (secondary N) is 1. The fraction of sp³-hybridized carbons (Fsp3) is 0.615. The highest BCUT2D eigenvalue weighted by Crippen LogP contribution is 2.36. The first-order valence-corrected chi connectivity index (χ1v) is 7.43. The molecule has 5 nitrogen and oxygen atoms in total. The minimum Gasteiger partial charge on any atom is -0.308 e. The Labute approximate surface area is 117 Å².